The molecule has 0 bridgehead atoms. The minimum atomic E-state index is -3.14. The standard InChI is InChI=1S/C11H22N2O4S/c1-3-18(15,16)12-10-4-7-13(8-5-10)11(14)6-9-17-2/h10,12H,3-9H2,1-2H3. The van der Waals surface area contributed by atoms with Gasteiger partial charge in [0, 0.05) is 26.2 Å². The van der Waals surface area contributed by atoms with Crippen molar-refractivity contribution in [3.8, 4) is 0 Å². The first-order valence-corrected chi connectivity index (χ1v) is 7.90. The first-order chi connectivity index (χ1) is 8.48. The second-order valence-corrected chi connectivity index (χ2v) is 6.46. The Kier molecular flexibility index (Phi) is 6.04. The van der Waals surface area contributed by atoms with Gasteiger partial charge < -0.3 is 9.64 Å². The summed E-state index contributed by atoms with van der Waals surface area (Å²) in [6.07, 6.45) is 1.75. The van der Waals surface area contributed by atoms with Crippen LogP contribution in [0.2, 0.25) is 0 Å². The molecule has 0 saturated carbocycles. The third-order valence-corrected chi connectivity index (χ3v) is 4.55. The first kappa shape index (κ1) is 15.4. The van der Waals surface area contributed by atoms with Crippen molar-refractivity contribution < 1.29 is 17.9 Å². The van der Waals surface area contributed by atoms with Crippen molar-refractivity contribution in [3.05, 3.63) is 0 Å². The molecule has 106 valence electrons. The summed E-state index contributed by atoms with van der Waals surface area (Å²) in [6.45, 7) is 3.27. The number of carbonyl (C=O) groups is 1. The Bertz CT molecular complexity index is 361. The van der Waals surface area contributed by atoms with Gasteiger partial charge in [0.1, 0.15) is 0 Å². The number of carbonyl (C=O) groups excluding carboxylic acids is 1. The zero-order valence-corrected chi connectivity index (χ0v) is 11.8. The summed E-state index contributed by atoms with van der Waals surface area (Å²) in [6, 6.07) is -0.0403. The highest BCUT2D eigenvalue weighted by Gasteiger charge is 2.24. The second-order valence-electron chi connectivity index (χ2n) is 4.42. The van der Waals surface area contributed by atoms with Crippen molar-refractivity contribution in [2.75, 3.05) is 32.6 Å². The predicted octanol–water partition coefficient (Wildman–Crippen LogP) is -0.0468. The molecule has 0 unspecified atom stereocenters. The molecule has 7 heteroatoms. The minimum absolute atomic E-state index is 0.0403. The summed E-state index contributed by atoms with van der Waals surface area (Å²) in [5, 5.41) is 0. The summed E-state index contributed by atoms with van der Waals surface area (Å²) in [7, 11) is -1.58. The highest BCUT2D eigenvalue weighted by molar-refractivity contribution is 7.89. The first-order valence-electron chi connectivity index (χ1n) is 6.25. The number of nitrogens with one attached hydrogen (secondary N) is 1. The third-order valence-electron chi connectivity index (χ3n) is 3.09. The van der Waals surface area contributed by atoms with E-state index < -0.39 is 10.0 Å². The zero-order chi connectivity index (χ0) is 13.6. The molecular weight excluding hydrogens is 256 g/mol. The van der Waals surface area contributed by atoms with Crippen molar-refractivity contribution >= 4 is 15.9 Å². The molecule has 1 saturated heterocycles. The molecule has 1 N–H and O–H groups in total. The summed E-state index contributed by atoms with van der Waals surface area (Å²) in [4.78, 5) is 13.5. The number of hydrogen-bond donors (Lipinski definition) is 1. The number of amides is 1. The van der Waals surface area contributed by atoms with Crippen LogP contribution >= 0.6 is 0 Å². The van der Waals surface area contributed by atoms with E-state index in [1.54, 1.807) is 18.9 Å². The highest BCUT2D eigenvalue weighted by atomic mass is 32.2. The van der Waals surface area contributed by atoms with Gasteiger partial charge in [-0.15, -0.1) is 0 Å². The molecule has 18 heavy (non-hydrogen) atoms. The van der Waals surface area contributed by atoms with Crippen LogP contribution in [0.4, 0.5) is 0 Å². The van der Waals surface area contributed by atoms with E-state index in [-0.39, 0.29) is 17.7 Å². The lowest BCUT2D eigenvalue weighted by molar-refractivity contribution is -0.133. The molecule has 1 heterocycles. The molecule has 0 aromatic carbocycles. The number of piperidine rings is 1. The fourth-order valence-corrected chi connectivity index (χ4v) is 2.84. The van der Waals surface area contributed by atoms with Crippen molar-refractivity contribution in [1.82, 2.24) is 9.62 Å². The SMILES string of the molecule is CCS(=O)(=O)NC1CCN(C(=O)CCOC)CC1. The predicted molar refractivity (Wildman–Crippen MR) is 68.7 cm³/mol. The van der Waals surface area contributed by atoms with Crippen LogP contribution < -0.4 is 4.72 Å². The molecule has 0 aromatic rings. The van der Waals surface area contributed by atoms with Crippen molar-refractivity contribution in [2.45, 2.75) is 32.2 Å². The summed E-state index contributed by atoms with van der Waals surface area (Å²) in [5.41, 5.74) is 0. The van der Waals surface area contributed by atoms with E-state index in [4.69, 9.17) is 4.74 Å². The van der Waals surface area contributed by atoms with Gasteiger partial charge in [-0.25, -0.2) is 13.1 Å². The van der Waals surface area contributed by atoms with Gasteiger partial charge in [0.25, 0.3) is 0 Å². The molecule has 6 nitrogen and oxygen atoms in total. The van der Waals surface area contributed by atoms with Gasteiger partial charge in [-0.1, -0.05) is 0 Å². The largest absolute Gasteiger partial charge is 0.384 e. The second kappa shape index (κ2) is 7.06. The molecule has 1 aliphatic heterocycles. The molecule has 0 aliphatic carbocycles. The van der Waals surface area contributed by atoms with Crippen LogP contribution in [0.3, 0.4) is 0 Å². The Balaban J connectivity index is 2.35. The average Bonchev–Trinajstić information content (AvgIpc) is 2.36. The lowest BCUT2D eigenvalue weighted by atomic mass is 10.1. The maximum atomic E-state index is 11.7. The number of hydrogen-bond acceptors (Lipinski definition) is 4. The molecule has 1 amide bonds. The van der Waals surface area contributed by atoms with E-state index in [1.165, 1.54) is 0 Å². The van der Waals surface area contributed by atoms with Crippen LogP contribution in [-0.2, 0) is 19.6 Å². The molecule has 1 rings (SSSR count). The topological polar surface area (TPSA) is 75.7 Å². The van der Waals surface area contributed by atoms with E-state index >= 15 is 0 Å². The monoisotopic (exact) mass is 278 g/mol. The smallest absolute Gasteiger partial charge is 0.224 e. The number of rotatable bonds is 6. The number of ether oxygens (including phenoxy) is 1. The van der Waals surface area contributed by atoms with Crippen LogP contribution in [0.25, 0.3) is 0 Å². The summed E-state index contributed by atoms with van der Waals surface area (Å²) >= 11 is 0. The molecule has 1 aliphatic rings. The summed E-state index contributed by atoms with van der Waals surface area (Å²) in [5.74, 6) is 0.175. The molecule has 0 radical (unpaired) electrons. The molecule has 0 atom stereocenters. The number of methoxy groups -OCH3 is 1. The number of likely N-dealkylation sites (tertiary alicyclic amines) is 1. The quantitative estimate of drug-likeness (QED) is 0.739. The normalized spacial score (nSPS) is 18.0. The Morgan fingerprint density at radius 3 is 2.50 bits per heavy atom. The molecule has 0 aromatic heterocycles. The van der Waals surface area contributed by atoms with E-state index in [2.05, 4.69) is 4.72 Å². The Morgan fingerprint density at radius 1 is 1.39 bits per heavy atom. The zero-order valence-electron chi connectivity index (χ0n) is 11.0. The van der Waals surface area contributed by atoms with Gasteiger partial charge in [0.05, 0.1) is 18.8 Å². The van der Waals surface area contributed by atoms with E-state index in [9.17, 15) is 13.2 Å². The van der Waals surface area contributed by atoms with E-state index in [0.717, 1.165) is 0 Å². The molecule has 0 spiro atoms. The van der Waals surface area contributed by atoms with Crippen LogP contribution in [0.1, 0.15) is 26.2 Å². The lowest BCUT2D eigenvalue weighted by Crippen LogP contribution is -2.46. The molecular formula is C11H22N2O4S. The Morgan fingerprint density at radius 2 is 2.00 bits per heavy atom. The number of sulfonamides is 1. The van der Waals surface area contributed by atoms with Gasteiger partial charge in [-0.2, -0.15) is 0 Å². The van der Waals surface area contributed by atoms with Crippen LogP contribution in [0.5, 0.6) is 0 Å². The van der Waals surface area contributed by atoms with Crippen molar-refractivity contribution in [2.24, 2.45) is 0 Å². The van der Waals surface area contributed by atoms with Gasteiger partial charge in [-0.3, -0.25) is 4.79 Å². The number of nitrogens with zero attached hydrogens (tertiary/aromatic N) is 1. The highest BCUT2D eigenvalue weighted by Crippen LogP contribution is 2.12. The Labute approximate surface area is 109 Å². The minimum Gasteiger partial charge on any atom is -0.384 e. The fourth-order valence-electron chi connectivity index (χ4n) is 1.93. The van der Waals surface area contributed by atoms with Crippen LogP contribution in [0.15, 0.2) is 0 Å². The van der Waals surface area contributed by atoms with Crippen LogP contribution in [0, 0.1) is 0 Å². The van der Waals surface area contributed by atoms with Crippen molar-refractivity contribution in [3.63, 3.8) is 0 Å². The Hall–Kier alpha value is -0.660. The maximum Gasteiger partial charge on any atom is 0.224 e. The van der Waals surface area contributed by atoms with Gasteiger partial charge in [0.2, 0.25) is 15.9 Å². The van der Waals surface area contributed by atoms with Gasteiger partial charge in [-0.05, 0) is 19.8 Å². The van der Waals surface area contributed by atoms with E-state index in [0.29, 0.717) is 39.0 Å². The fraction of sp³-hybridized carbons (Fsp3) is 0.909. The van der Waals surface area contributed by atoms with Gasteiger partial charge >= 0.3 is 0 Å². The van der Waals surface area contributed by atoms with Crippen LogP contribution in [-0.4, -0.2) is 57.8 Å². The maximum absolute atomic E-state index is 11.7. The van der Waals surface area contributed by atoms with E-state index in [1.807, 2.05) is 0 Å². The van der Waals surface area contributed by atoms with Gasteiger partial charge in [0.15, 0.2) is 0 Å². The third kappa shape index (κ3) is 4.91. The average molecular weight is 278 g/mol. The summed E-state index contributed by atoms with van der Waals surface area (Å²) < 4.78 is 30.4. The lowest BCUT2D eigenvalue weighted by Gasteiger charge is -2.32. The van der Waals surface area contributed by atoms with Crippen molar-refractivity contribution in [1.29, 1.82) is 0 Å². The molecule has 1 fully saturated rings.